The molecule has 0 aliphatic carbocycles. The fraction of sp³-hybridized carbons (Fsp3) is 0.321. The molecule has 2 N–H and O–H groups in total. The molecule has 0 saturated carbocycles. The molecule has 1 heterocycles. The maximum Gasteiger partial charge on any atom is 0.416 e. The second-order valence-corrected chi connectivity index (χ2v) is 10.2. The Morgan fingerprint density at radius 3 is 2.10 bits per heavy atom. The van der Waals surface area contributed by atoms with Crippen molar-refractivity contribution in [1.82, 2.24) is 4.90 Å². The Morgan fingerprint density at radius 1 is 0.923 bits per heavy atom. The van der Waals surface area contributed by atoms with Crippen LogP contribution in [0, 0.1) is 0 Å². The fourth-order valence-corrected chi connectivity index (χ4v) is 4.82. The molecule has 1 fully saturated rings. The highest BCUT2D eigenvalue weighted by Gasteiger charge is 2.43. The quantitative estimate of drug-likeness (QED) is 0.246. The third-order valence-electron chi connectivity index (χ3n) is 6.75. The van der Waals surface area contributed by atoms with Gasteiger partial charge in [0.25, 0.3) is 0 Å². The zero-order valence-corrected chi connectivity index (χ0v) is 21.9. The first-order valence-electron chi connectivity index (χ1n) is 12.0. The summed E-state index contributed by atoms with van der Waals surface area (Å²) in [6, 6.07) is 11.0. The predicted octanol–water partition coefficient (Wildman–Crippen LogP) is 8.83. The topological polar surface area (TPSA) is 55.6 Å². The van der Waals surface area contributed by atoms with Crippen LogP contribution < -0.4 is 5.73 Å². The minimum atomic E-state index is -5.03. The van der Waals surface area contributed by atoms with E-state index in [1.807, 2.05) is 26.0 Å². The molecule has 1 aliphatic heterocycles. The van der Waals surface area contributed by atoms with E-state index in [1.165, 1.54) is 11.8 Å². The van der Waals surface area contributed by atoms with Gasteiger partial charge in [-0.05, 0) is 77.6 Å². The van der Waals surface area contributed by atoms with Gasteiger partial charge < -0.3 is 10.5 Å². The molecule has 4 nitrogen and oxygen atoms in total. The first-order chi connectivity index (χ1) is 18.1. The Hall–Kier alpha value is -3.40. The van der Waals surface area contributed by atoms with Gasteiger partial charge in [-0.1, -0.05) is 37.6 Å². The average Bonchev–Trinajstić information content (AvgIpc) is 3.11. The van der Waals surface area contributed by atoms with Gasteiger partial charge >= 0.3 is 18.4 Å². The van der Waals surface area contributed by atoms with Crippen molar-refractivity contribution < 1.29 is 35.9 Å². The molecule has 39 heavy (non-hydrogen) atoms. The normalized spacial score (nSPS) is 18.1. The van der Waals surface area contributed by atoms with Gasteiger partial charge in [0, 0.05) is 16.3 Å². The van der Waals surface area contributed by atoms with Crippen molar-refractivity contribution in [1.29, 1.82) is 0 Å². The summed E-state index contributed by atoms with van der Waals surface area (Å²) < 4.78 is 85.8. The van der Waals surface area contributed by atoms with Crippen LogP contribution in [0.3, 0.4) is 0 Å². The summed E-state index contributed by atoms with van der Waals surface area (Å²) in [5.41, 5.74) is 6.04. The molecule has 1 aliphatic rings. The van der Waals surface area contributed by atoms with Gasteiger partial charge in [-0.2, -0.15) is 26.3 Å². The maximum atomic E-state index is 13.4. The first-order valence-corrected chi connectivity index (χ1v) is 12.4. The third kappa shape index (κ3) is 5.95. The number of carbonyl (C=O) groups is 1. The zero-order chi connectivity index (χ0) is 28.9. The number of nitrogens with zero attached hydrogens (tertiary/aromatic N) is 1. The molecule has 1 amide bonds. The Labute approximate surface area is 226 Å². The molecular weight excluding hydrogens is 546 g/mol. The van der Waals surface area contributed by atoms with Gasteiger partial charge in [0.2, 0.25) is 0 Å². The highest BCUT2D eigenvalue weighted by Crippen LogP contribution is 2.42. The molecule has 208 valence electrons. The lowest BCUT2D eigenvalue weighted by atomic mass is 9.93. The number of anilines is 1. The Morgan fingerprint density at radius 2 is 1.54 bits per heavy atom. The highest BCUT2D eigenvalue weighted by molar-refractivity contribution is 6.33. The van der Waals surface area contributed by atoms with E-state index in [1.54, 1.807) is 24.3 Å². The van der Waals surface area contributed by atoms with Gasteiger partial charge in [0.15, 0.2) is 0 Å². The molecule has 3 aromatic carbocycles. The predicted molar refractivity (Wildman–Crippen MR) is 136 cm³/mol. The van der Waals surface area contributed by atoms with Gasteiger partial charge in [-0.3, -0.25) is 4.90 Å². The molecule has 0 radical (unpaired) electrons. The van der Waals surface area contributed by atoms with Crippen molar-refractivity contribution in [3.63, 3.8) is 0 Å². The van der Waals surface area contributed by atoms with Crippen molar-refractivity contribution in [3.05, 3.63) is 87.4 Å². The second-order valence-electron chi connectivity index (χ2n) is 9.82. The van der Waals surface area contributed by atoms with Crippen molar-refractivity contribution in [2.45, 2.75) is 57.7 Å². The van der Waals surface area contributed by atoms with Crippen LogP contribution in [0.5, 0.6) is 0 Å². The van der Waals surface area contributed by atoms with E-state index in [9.17, 15) is 31.1 Å². The number of ether oxygens (including phenoxy) is 1. The van der Waals surface area contributed by atoms with E-state index >= 15 is 0 Å². The summed E-state index contributed by atoms with van der Waals surface area (Å²) in [6.45, 7) is 5.49. The lowest BCUT2D eigenvalue weighted by molar-refractivity contribution is -0.143. The molecule has 2 unspecified atom stereocenters. The lowest BCUT2D eigenvalue weighted by Crippen LogP contribution is -2.31. The van der Waals surface area contributed by atoms with E-state index < -0.39 is 47.3 Å². The van der Waals surface area contributed by atoms with Crippen LogP contribution in [0.4, 0.5) is 36.8 Å². The number of hydrogen-bond acceptors (Lipinski definition) is 3. The van der Waals surface area contributed by atoms with Crippen LogP contribution in [-0.4, -0.2) is 17.0 Å². The number of nitrogen functional groups attached to an aromatic ring is 1. The molecule has 4 rings (SSSR count). The van der Waals surface area contributed by atoms with E-state index in [4.69, 9.17) is 22.1 Å². The molecule has 0 aromatic heterocycles. The van der Waals surface area contributed by atoms with Crippen molar-refractivity contribution in [2.75, 3.05) is 5.73 Å². The summed E-state index contributed by atoms with van der Waals surface area (Å²) in [4.78, 5) is 14.1. The fourth-order valence-electron chi connectivity index (χ4n) is 4.60. The molecule has 11 heteroatoms. The van der Waals surface area contributed by atoms with Crippen LogP contribution in [0.25, 0.3) is 11.1 Å². The smallest absolute Gasteiger partial charge is 0.416 e. The Kier molecular flexibility index (Phi) is 7.55. The summed E-state index contributed by atoms with van der Waals surface area (Å²) in [5, 5.41) is 0.462. The van der Waals surface area contributed by atoms with Crippen LogP contribution >= 0.6 is 11.6 Å². The van der Waals surface area contributed by atoms with Crippen LogP contribution in [0.15, 0.2) is 54.6 Å². The average molecular weight is 571 g/mol. The highest BCUT2D eigenvalue weighted by atomic mass is 35.5. The summed E-state index contributed by atoms with van der Waals surface area (Å²) in [6.07, 6.45) is -12.3. The molecule has 3 aromatic rings. The molecular formula is C28H25ClF6N2O2. The summed E-state index contributed by atoms with van der Waals surface area (Å²) in [7, 11) is 0. The summed E-state index contributed by atoms with van der Waals surface area (Å²) in [5.74, 6) is 0.210. The number of carbonyl (C=O) groups excluding carboxylic acids is 1. The van der Waals surface area contributed by atoms with Gasteiger partial charge in [0.05, 0.1) is 23.7 Å². The maximum absolute atomic E-state index is 13.4. The van der Waals surface area contributed by atoms with E-state index in [2.05, 4.69) is 0 Å². The largest absolute Gasteiger partial charge is 0.439 e. The van der Waals surface area contributed by atoms with Crippen molar-refractivity contribution >= 4 is 23.4 Å². The SMILES string of the molecule is CC(C)c1ccc(Cl)c(-c2ccc(N)cc2CN2C(=O)OC(c3cc(C(F)(F)F)cc(C(F)(F)F)c3)C2C)c1. The van der Waals surface area contributed by atoms with Gasteiger partial charge in [0.1, 0.15) is 6.10 Å². The van der Waals surface area contributed by atoms with Crippen molar-refractivity contribution in [2.24, 2.45) is 0 Å². The minimum absolute atomic E-state index is 0.0384. The number of rotatable bonds is 5. The zero-order valence-electron chi connectivity index (χ0n) is 21.1. The van der Waals surface area contributed by atoms with E-state index in [0.717, 1.165) is 5.56 Å². The number of alkyl halides is 6. The second kappa shape index (κ2) is 10.3. The minimum Gasteiger partial charge on any atom is -0.439 e. The first kappa shape index (κ1) is 28.6. The molecule has 2 atom stereocenters. The van der Waals surface area contributed by atoms with Gasteiger partial charge in [-0.15, -0.1) is 0 Å². The Bertz CT molecular complexity index is 1370. The number of benzene rings is 3. The number of hydrogen-bond donors (Lipinski definition) is 1. The van der Waals surface area contributed by atoms with Crippen LogP contribution in [0.2, 0.25) is 5.02 Å². The van der Waals surface area contributed by atoms with E-state index in [-0.39, 0.29) is 18.5 Å². The Balaban J connectivity index is 1.72. The number of amides is 1. The summed E-state index contributed by atoms with van der Waals surface area (Å²) >= 11 is 6.51. The van der Waals surface area contributed by atoms with Gasteiger partial charge in [-0.25, -0.2) is 4.79 Å². The molecule has 0 spiro atoms. The van der Waals surface area contributed by atoms with Crippen molar-refractivity contribution in [3.8, 4) is 11.1 Å². The standard InChI is InChI=1S/C28H25ClF6N2O2/c1-14(2)16-4-7-24(29)23(11-16)22-6-5-21(36)10-18(22)13-37-15(3)25(39-26(37)38)17-8-19(27(30,31)32)12-20(9-17)28(33,34)35/h4-12,14-15,25H,13,36H2,1-3H3. The van der Waals surface area contributed by atoms with E-state index in [0.29, 0.717) is 39.5 Å². The molecule has 1 saturated heterocycles. The lowest BCUT2D eigenvalue weighted by Gasteiger charge is -2.24. The van der Waals surface area contributed by atoms with Crippen LogP contribution in [0.1, 0.15) is 60.6 Å². The number of nitrogens with two attached hydrogens (primary N) is 1. The van der Waals surface area contributed by atoms with Crippen LogP contribution in [-0.2, 0) is 23.6 Å². The third-order valence-corrected chi connectivity index (χ3v) is 7.08. The molecule has 0 bridgehead atoms. The number of halogens is 7. The monoisotopic (exact) mass is 570 g/mol. The number of cyclic esters (lactones) is 1.